The zero-order valence-electron chi connectivity index (χ0n) is 33.8. The average Bonchev–Trinajstić information content (AvgIpc) is 3.60. The molecule has 2 aliphatic heterocycles. The first-order chi connectivity index (χ1) is 29.0. The molecule has 1 atom stereocenters. The van der Waals surface area contributed by atoms with E-state index in [-0.39, 0.29) is 5.56 Å². The van der Waals surface area contributed by atoms with Crippen LogP contribution in [0.3, 0.4) is 0 Å². The SMILES string of the molecule is CCC1(CC)c2cc(-c3c(F)c(F)c(F)c(F)c3F)ccc2-c2c1c1c(c3cc(OC)c(OC)cc23)OC(c2ccc(OC)cc2)(c2ccc(N3CCOCC3)cc2)C=C1. The van der Waals surface area contributed by atoms with E-state index < -0.39 is 45.7 Å². The van der Waals surface area contributed by atoms with Crippen LogP contribution < -0.4 is 23.8 Å². The molecule has 0 aromatic heterocycles. The minimum Gasteiger partial charge on any atom is -0.497 e. The molecule has 2 heterocycles. The number of morpholine rings is 1. The van der Waals surface area contributed by atoms with Gasteiger partial charge >= 0.3 is 0 Å². The van der Waals surface area contributed by atoms with E-state index >= 15 is 8.78 Å². The Hall–Kier alpha value is -6.07. The number of rotatable bonds is 9. The number of anilines is 1. The molecular weight excluding hydrogens is 778 g/mol. The first-order valence-corrected chi connectivity index (χ1v) is 19.9. The van der Waals surface area contributed by atoms with Gasteiger partial charge in [-0.15, -0.1) is 0 Å². The second-order valence-electron chi connectivity index (χ2n) is 15.3. The summed E-state index contributed by atoms with van der Waals surface area (Å²) in [4.78, 5) is 2.29. The molecule has 0 radical (unpaired) electrons. The Morgan fingerprint density at radius 1 is 0.650 bits per heavy atom. The van der Waals surface area contributed by atoms with Gasteiger partial charge in [0.1, 0.15) is 11.5 Å². The second-order valence-corrected chi connectivity index (χ2v) is 15.3. The van der Waals surface area contributed by atoms with Crippen LogP contribution in [0, 0.1) is 29.1 Å². The third-order valence-electron chi connectivity index (χ3n) is 12.7. The summed E-state index contributed by atoms with van der Waals surface area (Å²) in [6.45, 7) is 6.96. The predicted molar refractivity (Wildman–Crippen MR) is 222 cm³/mol. The molecule has 0 amide bonds. The quantitative estimate of drug-likeness (QED) is 0.0823. The molecule has 1 aliphatic carbocycles. The fraction of sp³-hybridized carbons (Fsp3) is 0.265. The number of fused-ring (bicyclic) bond motifs is 8. The number of nitrogens with zero attached hydrogens (tertiary/aromatic N) is 1. The standard InChI is InChI=1S/C49H42F5NO5/c1-6-48(7-2)36-24-27(39-42(50)44(52)46(54)45(53)43(39)51)8-17-32(36)40-34-25-37(57-4)38(58-5)26-35(34)47-33(41(40)48)18-19-49(60-47,29-11-15-31(56-3)16-12-29)28-9-13-30(14-10-28)55-20-22-59-23-21-55/h8-19,24-26H,6-7,20-23H2,1-5H3. The number of hydrogen-bond acceptors (Lipinski definition) is 6. The Balaban J connectivity index is 1.31. The molecule has 0 saturated carbocycles. The van der Waals surface area contributed by atoms with Gasteiger partial charge in [0.25, 0.3) is 0 Å². The molecule has 60 heavy (non-hydrogen) atoms. The molecule has 0 bridgehead atoms. The second kappa shape index (κ2) is 14.9. The number of methoxy groups -OCH3 is 3. The van der Waals surface area contributed by atoms with E-state index in [2.05, 4.69) is 41.3 Å². The first-order valence-electron chi connectivity index (χ1n) is 19.9. The first kappa shape index (κ1) is 39.4. The summed E-state index contributed by atoms with van der Waals surface area (Å²) in [5.74, 6) is -7.74. The van der Waals surface area contributed by atoms with Gasteiger partial charge in [0, 0.05) is 46.3 Å². The summed E-state index contributed by atoms with van der Waals surface area (Å²) < 4.78 is 104. The highest BCUT2D eigenvalue weighted by Crippen LogP contribution is 2.61. The van der Waals surface area contributed by atoms with Crippen molar-refractivity contribution in [3.05, 3.63) is 142 Å². The van der Waals surface area contributed by atoms with Gasteiger partial charge in [0.15, 0.2) is 40.4 Å². The number of ether oxygens (including phenoxy) is 5. The molecule has 0 spiro atoms. The minimum absolute atomic E-state index is 0.121. The van der Waals surface area contributed by atoms with Crippen molar-refractivity contribution in [1.29, 1.82) is 0 Å². The van der Waals surface area contributed by atoms with Crippen LogP contribution in [0.25, 0.3) is 39.1 Å². The number of hydrogen-bond donors (Lipinski definition) is 0. The fourth-order valence-corrected chi connectivity index (χ4v) is 9.59. The number of benzene rings is 6. The zero-order valence-corrected chi connectivity index (χ0v) is 33.8. The molecule has 6 aromatic carbocycles. The van der Waals surface area contributed by atoms with Gasteiger partial charge in [0.05, 0.1) is 40.1 Å². The van der Waals surface area contributed by atoms with Crippen molar-refractivity contribution in [3.8, 4) is 45.3 Å². The van der Waals surface area contributed by atoms with Crippen LogP contribution in [0.15, 0.2) is 84.9 Å². The topological polar surface area (TPSA) is 49.4 Å². The third kappa shape index (κ3) is 5.68. The van der Waals surface area contributed by atoms with Crippen molar-refractivity contribution in [3.63, 3.8) is 0 Å². The van der Waals surface area contributed by atoms with E-state index in [0.717, 1.165) is 62.9 Å². The highest BCUT2D eigenvalue weighted by atomic mass is 19.2. The van der Waals surface area contributed by atoms with Crippen molar-refractivity contribution in [2.75, 3.05) is 52.5 Å². The summed E-state index contributed by atoms with van der Waals surface area (Å²) in [6.07, 6.45) is 5.23. The molecule has 1 fully saturated rings. The monoisotopic (exact) mass is 819 g/mol. The van der Waals surface area contributed by atoms with Crippen LogP contribution in [-0.4, -0.2) is 47.6 Å². The molecule has 1 unspecified atom stereocenters. The van der Waals surface area contributed by atoms with Crippen LogP contribution >= 0.6 is 0 Å². The van der Waals surface area contributed by atoms with E-state index in [1.165, 1.54) is 6.07 Å². The van der Waals surface area contributed by atoms with Crippen LogP contribution in [-0.2, 0) is 15.8 Å². The van der Waals surface area contributed by atoms with E-state index in [0.29, 0.717) is 54.6 Å². The Morgan fingerprint density at radius 3 is 1.82 bits per heavy atom. The number of halogens is 5. The summed E-state index contributed by atoms with van der Waals surface area (Å²) in [7, 11) is 4.75. The van der Waals surface area contributed by atoms with Gasteiger partial charge < -0.3 is 28.6 Å². The molecule has 1 saturated heterocycles. The predicted octanol–water partition coefficient (Wildman–Crippen LogP) is 11.5. The molecule has 308 valence electrons. The molecule has 0 N–H and O–H groups in total. The van der Waals surface area contributed by atoms with Crippen molar-refractivity contribution < 1.29 is 45.6 Å². The third-order valence-corrected chi connectivity index (χ3v) is 12.7. The van der Waals surface area contributed by atoms with Crippen LogP contribution in [0.4, 0.5) is 27.6 Å². The van der Waals surface area contributed by atoms with Crippen LogP contribution in [0.2, 0.25) is 0 Å². The lowest BCUT2D eigenvalue weighted by molar-refractivity contribution is 0.122. The van der Waals surface area contributed by atoms with Crippen molar-refractivity contribution in [2.24, 2.45) is 0 Å². The fourth-order valence-electron chi connectivity index (χ4n) is 9.59. The van der Waals surface area contributed by atoms with Crippen molar-refractivity contribution in [1.82, 2.24) is 0 Å². The Kier molecular flexibility index (Phi) is 9.77. The largest absolute Gasteiger partial charge is 0.497 e. The smallest absolute Gasteiger partial charge is 0.200 e. The molecule has 11 heteroatoms. The average molecular weight is 820 g/mol. The van der Waals surface area contributed by atoms with Crippen LogP contribution in [0.1, 0.15) is 54.5 Å². The van der Waals surface area contributed by atoms with Gasteiger partial charge in [-0.1, -0.05) is 56.3 Å². The van der Waals surface area contributed by atoms with Crippen molar-refractivity contribution in [2.45, 2.75) is 37.7 Å². The van der Waals surface area contributed by atoms with Crippen LogP contribution in [0.5, 0.6) is 23.0 Å². The maximum absolute atomic E-state index is 15.4. The summed E-state index contributed by atoms with van der Waals surface area (Å²) in [6, 6.07) is 24.7. The lowest BCUT2D eigenvalue weighted by Gasteiger charge is -2.39. The molecule has 6 aromatic rings. The molecule has 9 rings (SSSR count). The maximum Gasteiger partial charge on any atom is 0.200 e. The minimum atomic E-state index is -2.20. The van der Waals surface area contributed by atoms with Gasteiger partial charge in [-0.25, -0.2) is 22.0 Å². The highest BCUT2D eigenvalue weighted by molar-refractivity contribution is 6.10. The van der Waals surface area contributed by atoms with Gasteiger partial charge in [-0.2, -0.15) is 0 Å². The summed E-state index contributed by atoms with van der Waals surface area (Å²) >= 11 is 0. The maximum atomic E-state index is 15.4. The van der Waals surface area contributed by atoms with Crippen molar-refractivity contribution >= 4 is 22.5 Å². The normalized spacial score (nSPS) is 17.5. The molecular formula is C49H42F5NO5. The Labute approximate surface area is 344 Å². The molecule has 6 nitrogen and oxygen atoms in total. The lowest BCUT2D eigenvalue weighted by atomic mass is 9.70. The zero-order chi connectivity index (χ0) is 42.1. The van der Waals surface area contributed by atoms with Gasteiger partial charge in [-0.05, 0) is 94.6 Å². The summed E-state index contributed by atoms with van der Waals surface area (Å²) in [5, 5.41) is 1.50. The van der Waals surface area contributed by atoms with E-state index in [9.17, 15) is 13.2 Å². The van der Waals surface area contributed by atoms with Gasteiger partial charge in [-0.3, -0.25) is 0 Å². The van der Waals surface area contributed by atoms with E-state index in [1.54, 1.807) is 33.5 Å². The highest BCUT2D eigenvalue weighted by Gasteiger charge is 2.47. The molecule has 3 aliphatic rings. The lowest BCUT2D eigenvalue weighted by Crippen LogP contribution is -2.37. The Morgan fingerprint density at radius 2 is 1.23 bits per heavy atom. The van der Waals surface area contributed by atoms with E-state index in [4.69, 9.17) is 23.7 Å². The Bertz CT molecular complexity index is 2680. The van der Waals surface area contributed by atoms with E-state index in [1.807, 2.05) is 50.2 Å². The van der Waals surface area contributed by atoms with Gasteiger partial charge in [0.2, 0.25) is 5.82 Å². The summed E-state index contributed by atoms with van der Waals surface area (Å²) in [5.41, 5.74) is 3.87.